The van der Waals surface area contributed by atoms with E-state index >= 15 is 0 Å². The molecule has 61 heavy (non-hydrogen) atoms. The first-order valence-electron chi connectivity index (χ1n) is 20.8. The van der Waals surface area contributed by atoms with Crippen LogP contribution in [0.25, 0.3) is 90.9 Å². The topological polar surface area (TPSA) is 8.17 Å². The summed E-state index contributed by atoms with van der Waals surface area (Å²) in [6, 6.07) is 84.6. The smallest absolute Gasteiger partial charge is 0.0541 e. The molecule has 0 spiro atoms. The number of nitrogens with zero attached hydrogens (tertiary/aromatic N) is 2. The molecule has 12 rings (SSSR count). The molecular weight excluding hydrogens is 804 g/mol. The molecule has 2 aromatic heterocycles. The largest absolute Gasteiger partial charge is 0.0602 e. The van der Waals surface area contributed by atoms with Crippen molar-refractivity contribution in [3.8, 4) is 39.1 Å². The van der Waals surface area contributed by atoms with E-state index in [-0.39, 0.29) is 0 Å². The summed E-state index contributed by atoms with van der Waals surface area (Å²) in [5.74, 6) is 0. The molecule has 0 radical (unpaired) electrons. The zero-order chi connectivity index (χ0) is 40.3. The van der Waals surface area contributed by atoms with Gasteiger partial charge in [-0.15, -0.1) is 0 Å². The van der Waals surface area contributed by atoms with Crippen molar-refractivity contribution >= 4 is 83.4 Å². The maximum Gasteiger partial charge on any atom is 0.0541 e. The Labute approximate surface area is 360 Å². The molecule has 3 heteroatoms. The van der Waals surface area contributed by atoms with Crippen molar-refractivity contribution in [2.24, 2.45) is 0 Å². The third-order valence-electron chi connectivity index (χ3n) is 12.2. The monoisotopic (exact) mass is 842 g/mol. The van der Waals surface area contributed by atoms with E-state index in [9.17, 15) is 0 Å². The summed E-state index contributed by atoms with van der Waals surface area (Å²) in [5.41, 5.74) is 14.2. The van der Waals surface area contributed by atoms with Crippen LogP contribution >= 0.6 is 0 Å². The summed E-state index contributed by atoms with van der Waals surface area (Å²) in [6.45, 7) is 0. The molecule has 0 saturated carbocycles. The van der Waals surface area contributed by atoms with Gasteiger partial charge in [0.15, 0.2) is 0 Å². The van der Waals surface area contributed by atoms with Gasteiger partial charge in [-0.25, -0.2) is 0 Å². The van der Waals surface area contributed by atoms with Crippen molar-refractivity contribution in [3.05, 3.63) is 231 Å². The molecule has 0 fully saturated rings. The Morgan fingerprint density at radius 2 is 0.787 bits per heavy atom. The van der Waals surface area contributed by atoms with E-state index in [1.165, 1.54) is 90.9 Å². The van der Waals surface area contributed by atoms with Gasteiger partial charge < -0.3 is 4.57 Å². The Morgan fingerprint density at radius 1 is 0.295 bits per heavy atom. The molecule has 0 unspecified atom stereocenters. The first kappa shape index (κ1) is 35.5. The molecule has 0 aliphatic carbocycles. The summed E-state index contributed by atoms with van der Waals surface area (Å²) < 4.78 is 5.31. The van der Waals surface area contributed by atoms with Gasteiger partial charge in [-0.2, -0.15) is 0 Å². The minimum atomic E-state index is 0.330. The number of fused-ring (bicyclic) bond motifs is 7. The van der Waals surface area contributed by atoms with E-state index in [1.54, 1.807) is 0 Å². The zero-order valence-corrected chi connectivity index (χ0v) is 35.0. The van der Waals surface area contributed by atoms with Crippen molar-refractivity contribution < 1.29 is 0 Å². The van der Waals surface area contributed by atoms with Crippen LogP contribution in [0.1, 0.15) is 0 Å². The van der Waals surface area contributed by atoms with Gasteiger partial charge in [-0.1, -0.05) is 78.9 Å². The van der Waals surface area contributed by atoms with Gasteiger partial charge in [-0.05, 0) is 58.3 Å². The van der Waals surface area contributed by atoms with Crippen LogP contribution in [-0.4, -0.2) is 19.1 Å². The van der Waals surface area contributed by atoms with Crippen molar-refractivity contribution in [1.29, 1.82) is 0 Å². The van der Waals surface area contributed by atoms with Crippen molar-refractivity contribution in [2.45, 2.75) is 0 Å². The molecule has 0 N–H and O–H groups in total. The fourth-order valence-electron chi connectivity index (χ4n) is 9.14. The van der Waals surface area contributed by atoms with Crippen molar-refractivity contribution in [3.63, 3.8) is 0 Å². The summed E-state index contributed by atoms with van der Waals surface area (Å²) in [7, 11) is 0. The van der Waals surface area contributed by atoms with E-state index in [0.717, 1.165) is 17.1 Å². The predicted octanol–water partition coefficient (Wildman–Crippen LogP) is 15.8. The van der Waals surface area contributed by atoms with Crippen LogP contribution in [0, 0.1) is 0 Å². The molecule has 0 amide bonds. The van der Waals surface area contributed by atoms with Crippen LogP contribution in [0.15, 0.2) is 231 Å². The summed E-state index contributed by atoms with van der Waals surface area (Å²) in [6.07, 6.45) is 0. The molecule has 0 aliphatic heterocycles. The normalized spacial score (nSPS) is 11.6. The predicted molar refractivity (Wildman–Crippen MR) is 261 cm³/mol. The van der Waals surface area contributed by atoms with Gasteiger partial charge in [0, 0.05) is 16.5 Å². The molecule has 12 aromatic rings. The van der Waals surface area contributed by atoms with Crippen molar-refractivity contribution in [2.75, 3.05) is 4.90 Å². The SMILES string of the molecule is c1ccc(-n2c3ccccc3c3cc(-c4ccc(N(c5ccc(-c6ccc7ccccc7c6)cc5)c5ccc(-c6ccc7c(c6)[se]c6ccccc67)cc5)cc4)ccc32)cc1. The Morgan fingerprint density at radius 3 is 1.49 bits per heavy atom. The van der Waals surface area contributed by atoms with E-state index < -0.39 is 0 Å². The number of para-hydroxylation sites is 2. The number of hydrogen-bond donors (Lipinski definition) is 0. The van der Waals surface area contributed by atoms with Gasteiger partial charge >= 0.3 is 193 Å². The zero-order valence-electron chi connectivity index (χ0n) is 33.2. The van der Waals surface area contributed by atoms with Crippen LogP contribution in [0.4, 0.5) is 17.1 Å². The van der Waals surface area contributed by atoms with Crippen LogP contribution in [0.5, 0.6) is 0 Å². The Bertz CT molecular complexity index is 3560. The maximum atomic E-state index is 2.41. The summed E-state index contributed by atoms with van der Waals surface area (Å²) in [4.78, 5) is 2.37. The minimum absolute atomic E-state index is 0.330. The first-order chi connectivity index (χ1) is 30.2. The second kappa shape index (κ2) is 14.7. The van der Waals surface area contributed by atoms with Gasteiger partial charge in [0.2, 0.25) is 0 Å². The van der Waals surface area contributed by atoms with Gasteiger partial charge in [0.05, 0.1) is 11.0 Å². The van der Waals surface area contributed by atoms with Crippen LogP contribution in [0.3, 0.4) is 0 Å². The van der Waals surface area contributed by atoms with E-state index in [2.05, 4.69) is 240 Å². The fraction of sp³-hybridized carbons (Fsp3) is 0. The Balaban J connectivity index is 0.919. The molecule has 2 nitrogen and oxygen atoms in total. The maximum absolute atomic E-state index is 2.41. The Hall–Kier alpha value is -7.42. The number of aromatic nitrogens is 1. The average Bonchev–Trinajstić information content (AvgIpc) is 3.87. The number of rotatable bonds is 7. The first-order valence-corrected chi connectivity index (χ1v) is 22.5. The third kappa shape index (κ3) is 6.26. The summed E-state index contributed by atoms with van der Waals surface area (Å²) in [5, 5.41) is 7.79. The molecule has 0 saturated heterocycles. The molecule has 286 valence electrons. The van der Waals surface area contributed by atoms with Gasteiger partial charge in [0.25, 0.3) is 0 Å². The number of benzene rings is 10. The van der Waals surface area contributed by atoms with E-state index in [0.29, 0.717) is 14.5 Å². The quantitative estimate of drug-likeness (QED) is 0.145. The fourth-order valence-corrected chi connectivity index (χ4v) is 11.5. The molecule has 0 aliphatic rings. The van der Waals surface area contributed by atoms with Crippen LogP contribution in [0.2, 0.25) is 0 Å². The standard InChI is InChI=1S/C58H38N2Se/c1-2-12-47(13-3-1)60-55-16-8-6-14-51(55)54-37-45(27-35-56(54)60)41-22-30-49(31-23-41)59(48-28-20-40(21-29-48)44-19-18-39-10-4-5-11-43(39)36-44)50-32-24-42(25-33-50)46-26-34-53-52-15-7-9-17-57(52)61-58(53)38-46/h1-38H. The van der Waals surface area contributed by atoms with E-state index in [4.69, 9.17) is 0 Å². The van der Waals surface area contributed by atoms with E-state index in [1.807, 2.05) is 0 Å². The van der Waals surface area contributed by atoms with Gasteiger partial charge in [-0.3, -0.25) is 0 Å². The number of hydrogen-bond acceptors (Lipinski definition) is 1. The average molecular weight is 842 g/mol. The second-order valence-electron chi connectivity index (χ2n) is 15.8. The molecule has 0 bridgehead atoms. The molecule has 2 heterocycles. The molecule has 10 aromatic carbocycles. The van der Waals surface area contributed by atoms with Crippen LogP contribution < -0.4 is 4.90 Å². The second-order valence-corrected chi connectivity index (χ2v) is 18.0. The third-order valence-corrected chi connectivity index (χ3v) is 14.6. The molecule has 0 atom stereocenters. The van der Waals surface area contributed by atoms with Crippen LogP contribution in [-0.2, 0) is 0 Å². The molecular formula is C58H38N2Se. The van der Waals surface area contributed by atoms with Gasteiger partial charge in [0.1, 0.15) is 0 Å². The minimum Gasteiger partial charge on any atom is -0.0602 e. The summed E-state index contributed by atoms with van der Waals surface area (Å²) >= 11 is 0.330. The number of anilines is 3. The Kier molecular flexibility index (Phi) is 8.55. The van der Waals surface area contributed by atoms with Crippen molar-refractivity contribution in [1.82, 2.24) is 4.57 Å².